The molecule has 2 N–H and O–H groups in total. The number of nitrogens with two attached hydrogens (primary N) is 1. The topological polar surface area (TPSA) is 61.6 Å². The van der Waals surface area contributed by atoms with Crippen molar-refractivity contribution in [2.75, 3.05) is 7.11 Å². The Balaban J connectivity index is 3.19. The molecule has 0 saturated heterocycles. The van der Waals surface area contributed by atoms with E-state index in [1.165, 1.54) is 7.11 Å². The minimum Gasteiger partial charge on any atom is -0.443 e. The zero-order chi connectivity index (χ0) is 14.6. The van der Waals surface area contributed by atoms with Gasteiger partial charge in [0, 0.05) is 22.7 Å². The van der Waals surface area contributed by atoms with E-state index < -0.39 is 18.3 Å². The van der Waals surface area contributed by atoms with Gasteiger partial charge in [-0.05, 0) is 18.1 Å². The molecule has 0 aliphatic carbocycles. The van der Waals surface area contributed by atoms with Crippen molar-refractivity contribution >= 4 is 29.3 Å². The van der Waals surface area contributed by atoms with Gasteiger partial charge in [0.05, 0.1) is 0 Å². The average molecular weight is 306 g/mol. The first-order valence-corrected chi connectivity index (χ1v) is 6.56. The van der Waals surface area contributed by atoms with Crippen LogP contribution in [0.25, 0.3) is 0 Å². The molecule has 19 heavy (non-hydrogen) atoms. The SMILES string of the molecule is COC(c1c(Cl)cccc1Cl)C(OC(N)=O)C(C)C. The number of methoxy groups -OCH3 is 1. The van der Waals surface area contributed by atoms with Crippen LogP contribution in [0, 0.1) is 5.92 Å². The molecule has 1 aromatic rings. The second kappa shape index (κ2) is 6.98. The summed E-state index contributed by atoms with van der Waals surface area (Å²) in [5.74, 6) is -0.00945. The summed E-state index contributed by atoms with van der Waals surface area (Å²) in [6.45, 7) is 3.79. The van der Waals surface area contributed by atoms with Crippen LogP contribution in [0.15, 0.2) is 18.2 Å². The van der Waals surface area contributed by atoms with Crippen molar-refractivity contribution < 1.29 is 14.3 Å². The number of benzene rings is 1. The molecule has 0 aliphatic heterocycles. The molecule has 1 rings (SSSR count). The van der Waals surface area contributed by atoms with Crippen molar-refractivity contribution in [3.8, 4) is 0 Å². The molecule has 1 amide bonds. The minimum absolute atomic E-state index is 0.00945. The van der Waals surface area contributed by atoms with E-state index in [-0.39, 0.29) is 5.92 Å². The highest BCUT2D eigenvalue weighted by molar-refractivity contribution is 6.36. The lowest BCUT2D eigenvalue weighted by molar-refractivity contribution is -0.0423. The fraction of sp³-hybridized carbons (Fsp3) is 0.462. The summed E-state index contributed by atoms with van der Waals surface area (Å²) >= 11 is 12.3. The van der Waals surface area contributed by atoms with Crippen LogP contribution in [0.5, 0.6) is 0 Å². The van der Waals surface area contributed by atoms with Crippen molar-refractivity contribution in [2.45, 2.75) is 26.1 Å². The highest BCUT2D eigenvalue weighted by atomic mass is 35.5. The van der Waals surface area contributed by atoms with Crippen molar-refractivity contribution in [1.82, 2.24) is 0 Å². The second-order valence-corrected chi connectivity index (χ2v) is 5.25. The van der Waals surface area contributed by atoms with E-state index >= 15 is 0 Å². The number of carbonyl (C=O) groups is 1. The third-order valence-corrected chi connectivity index (χ3v) is 3.41. The smallest absolute Gasteiger partial charge is 0.404 e. The van der Waals surface area contributed by atoms with Crippen LogP contribution < -0.4 is 5.73 Å². The molecule has 0 saturated carbocycles. The molecule has 0 heterocycles. The molecule has 2 unspecified atom stereocenters. The van der Waals surface area contributed by atoms with Gasteiger partial charge >= 0.3 is 6.09 Å². The number of halogens is 2. The van der Waals surface area contributed by atoms with Crippen LogP contribution in [0.3, 0.4) is 0 Å². The standard InChI is InChI=1S/C13H17Cl2NO3/c1-7(2)11(19-13(16)17)12(18-3)10-8(14)5-4-6-9(10)15/h4-7,11-12H,1-3H3,(H2,16,17). The fourth-order valence-corrected chi connectivity index (χ4v) is 2.49. The quantitative estimate of drug-likeness (QED) is 0.900. The van der Waals surface area contributed by atoms with Crippen molar-refractivity contribution in [3.63, 3.8) is 0 Å². The number of hydrogen-bond acceptors (Lipinski definition) is 3. The molecule has 0 spiro atoms. The fourth-order valence-electron chi connectivity index (χ4n) is 1.88. The van der Waals surface area contributed by atoms with Crippen molar-refractivity contribution in [1.29, 1.82) is 0 Å². The second-order valence-electron chi connectivity index (χ2n) is 4.44. The molecular weight excluding hydrogens is 289 g/mol. The Labute approximate surface area is 122 Å². The first kappa shape index (κ1) is 16.1. The summed E-state index contributed by atoms with van der Waals surface area (Å²) in [7, 11) is 1.50. The van der Waals surface area contributed by atoms with Crippen LogP contribution in [0.1, 0.15) is 25.5 Å². The Hall–Kier alpha value is -0.970. The van der Waals surface area contributed by atoms with Gasteiger partial charge in [0.2, 0.25) is 0 Å². The molecule has 106 valence electrons. The first-order chi connectivity index (χ1) is 8.88. The normalized spacial score (nSPS) is 14.2. The average Bonchev–Trinajstić information content (AvgIpc) is 2.31. The molecule has 0 aromatic heterocycles. The number of primary amides is 1. The van der Waals surface area contributed by atoms with Gasteiger partial charge in [0.15, 0.2) is 0 Å². The van der Waals surface area contributed by atoms with Gasteiger partial charge in [-0.2, -0.15) is 0 Å². The van der Waals surface area contributed by atoms with Crippen LogP contribution in [-0.2, 0) is 9.47 Å². The van der Waals surface area contributed by atoms with Crippen LogP contribution in [0.2, 0.25) is 10.0 Å². The lowest BCUT2D eigenvalue weighted by Gasteiger charge is -2.29. The van der Waals surface area contributed by atoms with Gasteiger partial charge in [0.1, 0.15) is 12.2 Å². The van der Waals surface area contributed by atoms with Gasteiger partial charge in [-0.25, -0.2) is 4.79 Å². The lowest BCUT2D eigenvalue weighted by atomic mass is 9.95. The molecule has 0 fully saturated rings. The van der Waals surface area contributed by atoms with Gasteiger partial charge in [-0.1, -0.05) is 43.1 Å². The molecule has 2 atom stereocenters. The number of rotatable bonds is 5. The predicted octanol–water partition coefficient (Wildman–Crippen LogP) is 3.80. The van der Waals surface area contributed by atoms with Gasteiger partial charge < -0.3 is 15.2 Å². The lowest BCUT2D eigenvalue weighted by Crippen LogP contribution is -2.33. The highest BCUT2D eigenvalue weighted by Crippen LogP contribution is 2.37. The minimum atomic E-state index is -0.857. The van der Waals surface area contributed by atoms with Gasteiger partial charge in [-0.3, -0.25) is 0 Å². The zero-order valence-corrected chi connectivity index (χ0v) is 12.5. The number of amides is 1. The largest absolute Gasteiger partial charge is 0.443 e. The summed E-state index contributed by atoms with van der Waals surface area (Å²) in [5, 5.41) is 0.913. The molecular formula is C13H17Cl2NO3. The summed E-state index contributed by atoms with van der Waals surface area (Å²) in [4.78, 5) is 11.0. The van der Waals surface area contributed by atoms with E-state index in [2.05, 4.69) is 0 Å². The third kappa shape index (κ3) is 4.00. The van der Waals surface area contributed by atoms with Crippen molar-refractivity contribution in [2.24, 2.45) is 11.7 Å². The van der Waals surface area contributed by atoms with Crippen LogP contribution in [-0.4, -0.2) is 19.3 Å². The van der Waals surface area contributed by atoms with E-state index in [0.717, 1.165) is 0 Å². The van der Waals surface area contributed by atoms with E-state index in [0.29, 0.717) is 15.6 Å². The summed E-state index contributed by atoms with van der Waals surface area (Å²) in [6.07, 6.45) is -2.00. The molecule has 0 aliphatic rings. The van der Waals surface area contributed by atoms with Gasteiger partial charge in [-0.15, -0.1) is 0 Å². The number of ether oxygens (including phenoxy) is 2. The Morgan fingerprint density at radius 1 is 1.26 bits per heavy atom. The predicted molar refractivity (Wildman–Crippen MR) is 75.5 cm³/mol. The van der Waals surface area contributed by atoms with E-state index in [1.807, 2.05) is 13.8 Å². The molecule has 0 radical (unpaired) electrons. The Bertz CT molecular complexity index is 431. The maximum absolute atomic E-state index is 11.0. The first-order valence-electron chi connectivity index (χ1n) is 5.81. The van der Waals surface area contributed by atoms with E-state index in [9.17, 15) is 4.79 Å². The van der Waals surface area contributed by atoms with Gasteiger partial charge in [0.25, 0.3) is 0 Å². The monoisotopic (exact) mass is 305 g/mol. The summed E-state index contributed by atoms with van der Waals surface area (Å²) in [6, 6.07) is 5.15. The van der Waals surface area contributed by atoms with Crippen LogP contribution >= 0.6 is 23.2 Å². The molecule has 4 nitrogen and oxygen atoms in total. The number of carbonyl (C=O) groups excluding carboxylic acids is 1. The molecule has 6 heteroatoms. The summed E-state index contributed by atoms with van der Waals surface area (Å²) in [5.41, 5.74) is 5.69. The van der Waals surface area contributed by atoms with E-state index in [4.69, 9.17) is 38.4 Å². The maximum atomic E-state index is 11.0. The van der Waals surface area contributed by atoms with Crippen LogP contribution in [0.4, 0.5) is 4.79 Å². The van der Waals surface area contributed by atoms with Crippen molar-refractivity contribution in [3.05, 3.63) is 33.8 Å². The third-order valence-electron chi connectivity index (χ3n) is 2.75. The molecule has 0 bridgehead atoms. The Morgan fingerprint density at radius 3 is 2.16 bits per heavy atom. The zero-order valence-electron chi connectivity index (χ0n) is 11.0. The Kier molecular flexibility index (Phi) is 5.91. The molecule has 1 aromatic carbocycles. The van der Waals surface area contributed by atoms with E-state index in [1.54, 1.807) is 18.2 Å². The Morgan fingerprint density at radius 2 is 1.79 bits per heavy atom. The summed E-state index contributed by atoms with van der Waals surface area (Å²) < 4.78 is 10.5. The highest BCUT2D eigenvalue weighted by Gasteiger charge is 2.32. The number of hydrogen-bond donors (Lipinski definition) is 1. The maximum Gasteiger partial charge on any atom is 0.404 e.